The van der Waals surface area contributed by atoms with Crippen LogP contribution in [0.5, 0.6) is 0 Å². The van der Waals surface area contributed by atoms with Crippen LogP contribution in [0.3, 0.4) is 0 Å². The number of benzene rings is 1. The zero-order chi connectivity index (χ0) is 12.1. The van der Waals surface area contributed by atoms with E-state index in [4.69, 9.17) is 5.84 Å². The van der Waals surface area contributed by atoms with E-state index in [-0.39, 0.29) is 11.9 Å². The minimum atomic E-state index is -0.221. The van der Waals surface area contributed by atoms with Gasteiger partial charge in [0.25, 0.3) is 0 Å². The van der Waals surface area contributed by atoms with Gasteiger partial charge in [-0.15, -0.1) is 0 Å². The van der Waals surface area contributed by atoms with Crippen LogP contribution < -0.4 is 11.3 Å². The molecule has 0 aliphatic carbocycles. The van der Waals surface area contributed by atoms with Gasteiger partial charge in [0.15, 0.2) is 0 Å². The molecule has 90 valence electrons. The normalized spacial score (nSPS) is 13.1. The lowest BCUT2D eigenvalue weighted by Gasteiger charge is -2.19. The summed E-state index contributed by atoms with van der Waals surface area (Å²) in [5.74, 6) is 5.85. The molecule has 0 fully saturated rings. The molecule has 0 amide bonds. The maximum atomic E-state index is 13.7. The summed E-state index contributed by atoms with van der Waals surface area (Å²) in [6, 6.07) is 4.83. The van der Waals surface area contributed by atoms with Crippen LogP contribution in [-0.4, -0.2) is 0 Å². The van der Waals surface area contributed by atoms with Crippen LogP contribution in [0.2, 0.25) is 0 Å². The molecule has 0 saturated heterocycles. The first-order valence-electron chi connectivity index (χ1n) is 5.46. The first-order valence-corrected chi connectivity index (χ1v) is 6.25. The van der Waals surface area contributed by atoms with Gasteiger partial charge in [0.05, 0.1) is 0 Å². The van der Waals surface area contributed by atoms with Crippen molar-refractivity contribution in [2.75, 3.05) is 0 Å². The number of hydrogen-bond donors (Lipinski definition) is 2. The summed E-state index contributed by atoms with van der Waals surface area (Å²) in [4.78, 5) is 0. The Balaban J connectivity index is 2.86. The predicted octanol–water partition coefficient (Wildman–Crippen LogP) is 3.53. The summed E-state index contributed by atoms with van der Waals surface area (Å²) in [6.07, 6.45) is 1.84. The summed E-state index contributed by atoms with van der Waals surface area (Å²) in [5, 5.41) is 0. The molecule has 0 radical (unpaired) electrons. The fourth-order valence-electron chi connectivity index (χ4n) is 1.65. The molecule has 1 atom stereocenters. The van der Waals surface area contributed by atoms with Crippen molar-refractivity contribution in [3.63, 3.8) is 0 Å². The monoisotopic (exact) mass is 288 g/mol. The van der Waals surface area contributed by atoms with E-state index in [0.29, 0.717) is 11.5 Å². The molecule has 1 aromatic carbocycles. The Labute approximate surface area is 105 Å². The first-order chi connectivity index (χ1) is 7.56. The minimum absolute atomic E-state index is 0.141. The van der Waals surface area contributed by atoms with E-state index in [1.807, 2.05) is 6.07 Å². The van der Waals surface area contributed by atoms with Crippen LogP contribution in [-0.2, 0) is 0 Å². The van der Waals surface area contributed by atoms with Crippen LogP contribution in [0.15, 0.2) is 22.7 Å². The Morgan fingerprint density at radius 1 is 1.38 bits per heavy atom. The molecule has 0 bridgehead atoms. The van der Waals surface area contributed by atoms with Crippen LogP contribution in [0, 0.1) is 11.7 Å². The lowest BCUT2D eigenvalue weighted by Crippen LogP contribution is -2.29. The van der Waals surface area contributed by atoms with E-state index in [9.17, 15) is 4.39 Å². The van der Waals surface area contributed by atoms with E-state index in [0.717, 1.165) is 17.3 Å². The third-order valence-electron chi connectivity index (χ3n) is 2.58. The Kier molecular flexibility index (Phi) is 5.38. The second kappa shape index (κ2) is 6.33. The van der Waals surface area contributed by atoms with Crippen molar-refractivity contribution >= 4 is 15.9 Å². The van der Waals surface area contributed by atoms with Gasteiger partial charge < -0.3 is 0 Å². The molecular weight excluding hydrogens is 271 g/mol. The van der Waals surface area contributed by atoms with Gasteiger partial charge in [-0.05, 0) is 30.9 Å². The molecule has 3 N–H and O–H groups in total. The third kappa shape index (κ3) is 3.54. The van der Waals surface area contributed by atoms with Crippen molar-refractivity contribution in [1.82, 2.24) is 5.43 Å². The third-order valence-corrected chi connectivity index (χ3v) is 3.27. The molecular formula is C12H18BrFN2. The van der Waals surface area contributed by atoms with Crippen molar-refractivity contribution in [3.8, 4) is 0 Å². The van der Waals surface area contributed by atoms with Gasteiger partial charge in [0.2, 0.25) is 0 Å². The summed E-state index contributed by atoms with van der Waals surface area (Å²) in [6.45, 7) is 4.29. The van der Waals surface area contributed by atoms with E-state index in [1.165, 1.54) is 6.07 Å². The molecule has 1 rings (SSSR count). The second-order valence-electron chi connectivity index (χ2n) is 4.33. The molecule has 0 aliphatic rings. The number of rotatable bonds is 5. The Morgan fingerprint density at radius 2 is 2.06 bits per heavy atom. The molecule has 1 aromatic rings. The summed E-state index contributed by atoms with van der Waals surface area (Å²) in [7, 11) is 0. The van der Waals surface area contributed by atoms with Gasteiger partial charge in [-0.1, -0.05) is 35.8 Å². The zero-order valence-electron chi connectivity index (χ0n) is 9.63. The summed E-state index contributed by atoms with van der Waals surface area (Å²) >= 11 is 3.36. The average Bonchev–Trinajstić information content (AvgIpc) is 2.22. The van der Waals surface area contributed by atoms with Crippen LogP contribution in [0.1, 0.15) is 38.3 Å². The Bertz CT molecular complexity index is 322. The number of nitrogens with two attached hydrogens (primary N) is 1. The van der Waals surface area contributed by atoms with E-state index < -0.39 is 0 Å². The smallest absolute Gasteiger partial charge is 0.129 e. The summed E-state index contributed by atoms with van der Waals surface area (Å²) < 4.78 is 14.4. The van der Waals surface area contributed by atoms with E-state index >= 15 is 0 Å². The molecule has 16 heavy (non-hydrogen) atoms. The number of halogens is 2. The number of hydrazine groups is 1. The second-order valence-corrected chi connectivity index (χ2v) is 5.18. The highest BCUT2D eigenvalue weighted by atomic mass is 79.9. The van der Waals surface area contributed by atoms with Crippen LogP contribution in [0.4, 0.5) is 4.39 Å². The fraction of sp³-hybridized carbons (Fsp3) is 0.500. The maximum absolute atomic E-state index is 13.7. The lowest BCUT2D eigenvalue weighted by molar-refractivity contribution is 0.432. The highest BCUT2D eigenvalue weighted by Crippen LogP contribution is 2.29. The number of nitrogens with one attached hydrogen (secondary N) is 1. The van der Waals surface area contributed by atoms with Crippen molar-refractivity contribution in [2.45, 2.75) is 32.7 Å². The molecule has 0 aromatic heterocycles. The Morgan fingerprint density at radius 3 is 2.56 bits per heavy atom. The minimum Gasteiger partial charge on any atom is -0.271 e. The molecule has 2 nitrogen and oxygen atoms in total. The van der Waals surface area contributed by atoms with Crippen molar-refractivity contribution in [2.24, 2.45) is 11.8 Å². The standard InChI is InChI=1S/C12H18BrFN2/c1-8(2)6-7-11(16-15)12-9(13)4-3-5-10(12)14/h3-5,8,11,16H,6-7,15H2,1-2H3. The van der Waals surface area contributed by atoms with Gasteiger partial charge in [-0.25, -0.2) is 4.39 Å². The molecule has 4 heteroatoms. The van der Waals surface area contributed by atoms with Crippen molar-refractivity contribution < 1.29 is 4.39 Å². The molecule has 0 spiro atoms. The largest absolute Gasteiger partial charge is 0.271 e. The predicted molar refractivity (Wildman–Crippen MR) is 68.2 cm³/mol. The average molecular weight is 289 g/mol. The van der Waals surface area contributed by atoms with Gasteiger partial charge in [-0.2, -0.15) is 0 Å². The molecule has 0 aliphatic heterocycles. The van der Waals surface area contributed by atoms with Crippen molar-refractivity contribution in [3.05, 3.63) is 34.1 Å². The Hall–Kier alpha value is -0.450. The topological polar surface area (TPSA) is 38.0 Å². The molecule has 1 unspecified atom stereocenters. The molecule has 0 heterocycles. The van der Waals surface area contributed by atoms with E-state index in [1.54, 1.807) is 6.07 Å². The lowest BCUT2D eigenvalue weighted by atomic mass is 9.98. The van der Waals surface area contributed by atoms with E-state index in [2.05, 4.69) is 35.2 Å². The highest BCUT2D eigenvalue weighted by molar-refractivity contribution is 9.10. The molecule has 0 saturated carbocycles. The van der Waals surface area contributed by atoms with Gasteiger partial charge in [0.1, 0.15) is 5.82 Å². The van der Waals surface area contributed by atoms with Gasteiger partial charge in [0, 0.05) is 16.1 Å². The fourth-order valence-corrected chi connectivity index (χ4v) is 2.27. The van der Waals surface area contributed by atoms with Crippen molar-refractivity contribution in [1.29, 1.82) is 0 Å². The zero-order valence-corrected chi connectivity index (χ0v) is 11.2. The quantitative estimate of drug-likeness (QED) is 0.643. The summed E-state index contributed by atoms with van der Waals surface area (Å²) in [5.41, 5.74) is 3.30. The SMILES string of the molecule is CC(C)CCC(NN)c1c(F)cccc1Br. The maximum Gasteiger partial charge on any atom is 0.129 e. The number of hydrogen-bond acceptors (Lipinski definition) is 2. The van der Waals surface area contributed by atoms with Gasteiger partial charge >= 0.3 is 0 Å². The van der Waals surface area contributed by atoms with Crippen LogP contribution in [0.25, 0.3) is 0 Å². The highest BCUT2D eigenvalue weighted by Gasteiger charge is 2.17. The van der Waals surface area contributed by atoms with Crippen LogP contribution >= 0.6 is 15.9 Å². The van der Waals surface area contributed by atoms with Gasteiger partial charge in [-0.3, -0.25) is 11.3 Å². The first kappa shape index (κ1) is 13.6.